The van der Waals surface area contributed by atoms with Crippen LogP contribution in [-0.4, -0.2) is 61.9 Å². The number of hydrogen-bond donors (Lipinski definition) is 0. The van der Waals surface area contributed by atoms with Crippen molar-refractivity contribution < 1.29 is 22.1 Å². The van der Waals surface area contributed by atoms with Crippen LogP contribution in [0.2, 0.25) is 6.55 Å². The van der Waals surface area contributed by atoms with Crippen molar-refractivity contribution in [2.24, 2.45) is 0 Å². The zero-order valence-electron chi connectivity index (χ0n) is 21.8. The van der Waals surface area contributed by atoms with Crippen LogP contribution in [0, 0.1) is 6.92 Å². The Hall–Kier alpha value is -0.739. The summed E-state index contributed by atoms with van der Waals surface area (Å²) in [5.41, 5.74) is 3.53. The van der Waals surface area contributed by atoms with Gasteiger partial charge in [-0.2, -0.15) is 0 Å². The summed E-state index contributed by atoms with van der Waals surface area (Å²) < 4.78 is 29.9. The summed E-state index contributed by atoms with van der Waals surface area (Å²) in [5, 5.41) is 1.05. The zero-order valence-corrected chi connectivity index (χ0v) is 33.2. The van der Waals surface area contributed by atoms with Gasteiger partial charge in [0.25, 0.3) is 0 Å². The fraction of sp³-hybridized carbons (Fsp3) is 0.619. The van der Waals surface area contributed by atoms with E-state index in [2.05, 4.69) is 20.4 Å². The van der Waals surface area contributed by atoms with Gasteiger partial charge in [-0.25, -0.2) is 0 Å². The first kappa shape index (κ1) is 29.3. The standard InChI is InChI=1S/C21H46O5Si6/c1-4-5-6-7-8-9-10-11-12-13-15-14(2)17(22-27)20(25-30)18(23-28)16(15)19(24-29)21(26-31)32-3/h4-13,32H2,1-3,27-31H3. The Morgan fingerprint density at radius 3 is 1.69 bits per heavy atom. The van der Waals surface area contributed by atoms with Gasteiger partial charge in [0.1, 0.15) is 5.76 Å². The third-order valence-corrected chi connectivity index (χ3v) is 10.1. The van der Waals surface area contributed by atoms with Crippen LogP contribution in [-0.2, 0) is 15.3 Å². The zero-order chi connectivity index (χ0) is 23.9. The van der Waals surface area contributed by atoms with Crippen molar-refractivity contribution in [3.63, 3.8) is 0 Å². The predicted octanol–water partition coefficient (Wildman–Crippen LogP) is -0.517. The van der Waals surface area contributed by atoms with Crippen LogP contribution in [0.25, 0.3) is 5.76 Å². The molecule has 0 saturated carbocycles. The summed E-state index contributed by atoms with van der Waals surface area (Å²) in [5.74, 6) is 3.33. The molecular formula is C21H46O5Si6. The maximum absolute atomic E-state index is 6.09. The van der Waals surface area contributed by atoms with Crippen molar-refractivity contribution in [1.82, 2.24) is 0 Å². The highest BCUT2D eigenvalue weighted by Gasteiger charge is 2.27. The van der Waals surface area contributed by atoms with E-state index in [1.165, 1.54) is 68.9 Å². The van der Waals surface area contributed by atoms with E-state index in [0.717, 1.165) is 40.4 Å². The van der Waals surface area contributed by atoms with E-state index < -0.39 is 9.52 Å². The smallest absolute Gasteiger partial charge is 0.204 e. The molecule has 1 aromatic rings. The Kier molecular flexibility index (Phi) is 15.4. The topological polar surface area (TPSA) is 46.2 Å². The normalized spacial score (nSPS) is 12.6. The summed E-state index contributed by atoms with van der Waals surface area (Å²) >= 11 is 0. The van der Waals surface area contributed by atoms with Gasteiger partial charge in [0.15, 0.2) is 17.2 Å². The van der Waals surface area contributed by atoms with Crippen LogP contribution in [0.1, 0.15) is 81.4 Å². The SMILES string of the molecule is CCCCCCCCCCCc1c(C)c(O[SiH3])c(O[SiH3])c(O[SiH3])c1C(O[SiH3])=C(O[SiH3])[SiH2]C. The fourth-order valence-corrected chi connectivity index (χ4v) is 8.35. The Morgan fingerprint density at radius 2 is 1.25 bits per heavy atom. The van der Waals surface area contributed by atoms with Crippen molar-refractivity contribution in [3.8, 4) is 17.2 Å². The number of benzene rings is 1. The second-order valence-corrected chi connectivity index (χ2v) is 11.6. The van der Waals surface area contributed by atoms with E-state index in [0.29, 0.717) is 52.4 Å². The summed E-state index contributed by atoms with van der Waals surface area (Å²) in [6.07, 6.45) is 12.9. The summed E-state index contributed by atoms with van der Waals surface area (Å²) in [4.78, 5) is 0. The Morgan fingerprint density at radius 1 is 0.719 bits per heavy atom. The first-order valence-corrected chi connectivity index (χ1v) is 18.4. The minimum Gasteiger partial charge on any atom is -0.557 e. The molecular weight excluding hydrogens is 501 g/mol. The molecule has 0 aromatic heterocycles. The second-order valence-electron chi connectivity index (χ2n) is 8.17. The lowest BCUT2D eigenvalue weighted by molar-refractivity contribution is 0.464. The molecule has 0 saturated heterocycles. The summed E-state index contributed by atoms with van der Waals surface area (Å²) in [7, 11) is 2.56. The van der Waals surface area contributed by atoms with Crippen LogP contribution in [0.4, 0.5) is 0 Å². The van der Waals surface area contributed by atoms with Gasteiger partial charge in [-0.05, 0) is 30.9 Å². The van der Waals surface area contributed by atoms with Crippen LogP contribution >= 0.6 is 0 Å². The minimum atomic E-state index is -0.511. The van der Waals surface area contributed by atoms with Crippen LogP contribution in [0.5, 0.6) is 17.2 Å². The van der Waals surface area contributed by atoms with E-state index in [-0.39, 0.29) is 0 Å². The first-order chi connectivity index (χ1) is 15.6. The first-order valence-electron chi connectivity index (χ1n) is 12.2. The number of hydrogen-bond acceptors (Lipinski definition) is 5. The molecule has 11 heteroatoms. The van der Waals surface area contributed by atoms with Crippen molar-refractivity contribution in [1.29, 1.82) is 0 Å². The van der Waals surface area contributed by atoms with E-state index in [1.54, 1.807) is 0 Å². The van der Waals surface area contributed by atoms with Gasteiger partial charge in [-0.3, -0.25) is 0 Å². The highest BCUT2D eigenvalue weighted by atomic mass is 28.2. The molecule has 0 aliphatic heterocycles. The van der Waals surface area contributed by atoms with Gasteiger partial charge in [0, 0.05) is 0 Å². The molecule has 0 bridgehead atoms. The van der Waals surface area contributed by atoms with Crippen LogP contribution < -0.4 is 13.3 Å². The average molecular weight is 547 g/mol. The van der Waals surface area contributed by atoms with Gasteiger partial charge < -0.3 is 22.1 Å². The average Bonchev–Trinajstić information content (AvgIpc) is 2.81. The summed E-state index contributed by atoms with van der Waals surface area (Å²) in [6, 6.07) is 0. The van der Waals surface area contributed by atoms with E-state index in [4.69, 9.17) is 22.1 Å². The lowest BCUT2D eigenvalue weighted by Gasteiger charge is -2.26. The van der Waals surface area contributed by atoms with Gasteiger partial charge in [0.2, 0.25) is 52.4 Å². The van der Waals surface area contributed by atoms with E-state index in [9.17, 15) is 0 Å². The van der Waals surface area contributed by atoms with Crippen molar-refractivity contribution >= 4 is 67.7 Å². The molecule has 184 valence electrons. The number of unbranched alkanes of at least 4 members (excludes halogenated alkanes) is 8. The monoisotopic (exact) mass is 546 g/mol. The molecule has 0 aliphatic rings. The molecule has 32 heavy (non-hydrogen) atoms. The fourth-order valence-electron chi connectivity index (χ4n) is 4.39. The Balaban J connectivity index is 3.22. The molecule has 5 nitrogen and oxygen atoms in total. The van der Waals surface area contributed by atoms with Gasteiger partial charge in [-0.1, -0.05) is 64.8 Å². The van der Waals surface area contributed by atoms with Crippen molar-refractivity contribution in [3.05, 3.63) is 22.1 Å². The van der Waals surface area contributed by atoms with Crippen molar-refractivity contribution in [2.75, 3.05) is 0 Å². The largest absolute Gasteiger partial charge is 0.557 e. The molecule has 0 spiro atoms. The molecule has 1 aromatic carbocycles. The van der Waals surface area contributed by atoms with Gasteiger partial charge >= 0.3 is 0 Å². The Labute approximate surface area is 213 Å². The third kappa shape index (κ3) is 7.94. The van der Waals surface area contributed by atoms with Gasteiger partial charge in [0.05, 0.1) is 20.5 Å². The molecule has 0 heterocycles. The highest BCUT2D eigenvalue weighted by Crippen LogP contribution is 2.48. The molecule has 0 unspecified atom stereocenters. The lowest BCUT2D eigenvalue weighted by Crippen LogP contribution is -2.11. The molecule has 0 amide bonds. The molecule has 0 fully saturated rings. The third-order valence-electron chi connectivity index (χ3n) is 6.13. The number of rotatable bonds is 17. The van der Waals surface area contributed by atoms with Gasteiger partial charge in [-0.15, -0.1) is 0 Å². The van der Waals surface area contributed by atoms with Crippen molar-refractivity contribution in [2.45, 2.75) is 84.6 Å². The Bertz CT molecular complexity index is 723. The molecule has 0 radical (unpaired) electrons. The maximum atomic E-state index is 6.09. The maximum Gasteiger partial charge on any atom is 0.204 e. The second kappa shape index (κ2) is 16.8. The molecule has 1 rings (SSSR count). The summed E-state index contributed by atoms with van der Waals surface area (Å²) in [6.45, 7) is 6.69. The predicted molar refractivity (Wildman–Crippen MR) is 157 cm³/mol. The molecule has 0 N–H and O–H groups in total. The highest BCUT2D eigenvalue weighted by molar-refractivity contribution is 6.45. The van der Waals surface area contributed by atoms with Crippen LogP contribution in [0.3, 0.4) is 0 Å². The van der Waals surface area contributed by atoms with E-state index >= 15 is 0 Å². The molecule has 0 atom stereocenters. The lowest BCUT2D eigenvalue weighted by atomic mass is 9.93. The minimum absolute atomic E-state index is 0.511. The molecule has 0 aliphatic carbocycles. The quantitative estimate of drug-likeness (QED) is 0.150. The van der Waals surface area contributed by atoms with Crippen LogP contribution in [0.15, 0.2) is 5.38 Å². The van der Waals surface area contributed by atoms with E-state index in [1.807, 2.05) is 0 Å².